The van der Waals surface area contributed by atoms with Gasteiger partial charge in [-0.05, 0) is 66.7 Å². The van der Waals surface area contributed by atoms with Gasteiger partial charge >= 0.3 is 6.18 Å². The third kappa shape index (κ3) is 30.2. The van der Waals surface area contributed by atoms with Gasteiger partial charge in [-0.1, -0.05) is 436 Å². The van der Waals surface area contributed by atoms with Crippen LogP contribution in [0.1, 0.15) is 63.8 Å². The largest absolute Gasteiger partial charge is 0.497 e. The van der Waals surface area contributed by atoms with E-state index >= 15 is 0 Å². The van der Waals surface area contributed by atoms with Gasteiger partial charge in [0.1, 0.15) is 5.75 Å². The Morgan fingerprint density at radius 1 is 0.259 bits per heavy atom. The van der Waals surface area contributed by atoms with E-state index in [1.165, 1.54) is 0 Å². The minimum Gasteiger partial charge on any atom is -0.497 e. The van der Waals surface area contributed by atoms with Gasteiger partial charge in [0, 0.05) is 37.3 Å². The molecule has 5 heterocycles. The van der Waals surface area contributed by atoms with E-state index in [0.29, 0.717) is 33.0 Å². The van der Waals surface area contributed by atoms with E-state index in [9.17, 15) is 13.2 Å². The van der Waals surface area contributed by atoms with Gasteiger partial charge < -0.3 is 4.74 Å². The normalized spacial score (nSPS) is 12.6. The molecule has 0 amide bonds. The van der Waals surface area contributed by atoms with E-state index in [1.807, 2.05) is 30.3 Å². The van der Waals surface area contributed by atoms with Crippen LogP contribution in [0.2, 0.25) is 5.02 Å². The molecule has 5 aromatic carbocycles. The molecular formula is C57H24BrCl31F3N15O. The fraction of sp³-hybridized carbons (Fsp3) is 0.211. The van der Waals surface area contributed by atoms with Gasteiger partial charge in [-0.2, -0.15) is 13.2 Å². The Kier molecular flexibility index (Phi) is 35.4. The maximum Gasteiger partial charge on any atom is 0.416 e. The van der Waals surface area contributed by atoms with Crippen LogP contribution in [0.25, 0.3) is 56.9 Å². The second-order valence-corrected chi connectivity index (χ2v) is 43.8. The van der Waals surface area contributed by atoms with Gasteiger partial charge in [-0.15, -0.1) is 0 Å². The summed E-state index contributed by atoms with van der Waals surface area (Å²) in [5, 5.41) is 0.552. The molecule has 10 rings (SSSR count). The van der Waals surface area contributed by atoms with Crippen LogP contribution < -0.4 is 4.74 Å². The molecular weight excluding hydrogens is 2150 g/mol. The number of alkyl halides is 33. The van der Waals surface area contributed by atoms with Crippen molar-refractivity contribution in [3.05, 3.63) is 201 Å². The van der Waals surface area contributed by atoms with Crippen LogP contribution in [-0.2, 0) is 44.1 Å². The summed E-state index contributed by atoms with van der Waals surface area (Å²) in [5.41, 5.74) is 1.90. The summed E-state index contributed by atoms with van der Waals surface area (Å²) in [6.07, 6.45) is -4.48. The first-order chi connectivity index (χ1) is 49.2. The van der Waals surface area contributed by atoms with Crippen LogP contribution in [0.5, 0.6) is 5.75 Å². The Balaban J connectivity index is 0.000000211. The van der Waals surface area contributed by atoms with Crippen LogP contribution in [0, 0.1) is 0 Å². The molecule has 0 aliphatic rings. The van der Waals surface area contributed by atoms with E-state index in [4.69, 9.17) is 364 Å². The maximum absolute atomic E-state index is 12.6. The number of nitrogens with zero attached hydrogens (tertiary/aromatic N) is 15. The first-order valence-electron chi connectivity index (χ1n) is 27.1. The van der Waals surface area contributed by atoms with Crippen LogP contribution in [-0.4, -0.2) is 81.9 Å². The van der Waals surface area contributed by atoms with E-state index in [1.54, 1.807) is 79.9 Å². The summed E-state index contributed by atoms with van der Waals surface area (Å²) in [5.74, 6) is -0.283. The van der Waals surface area contributed by atoms with Gasteiger partial charge in [-0.3, -0.25) is 0 Å². The average molecular weight is 2170 g/mol. The van der Waals surface area contributed by atoms with Crippen molar-refractivity contribution in [1.82, 2.24) is 74.8 Å². The number of hydrogen-bond donors (Lipinski definition) is 0. The topological polar surface area (TPSA) is 203 Å². The molecule has 0 saturated carbocycles. The maximum atomic E-state index is 12.6. The van der Waals surface area contributed by atoms with E-state index in [-0.39, 0.29) is 92.9 Å². The highest BCUT2D eigenvalue weighted by Gasteiger charge is 2.40. The summed E-state index contributed by atoms with van der Waals surface area (Å²) in [6.45, 7) is 0. The van der Waals surface area contributed by atoms with Crippen molar-refractivity contribution in [2.24, 2.45) is 0 Å². The third-order valence-corrected chi connectivity index (χ3v) is 17.8. The van der Waals surface area contributed by atoms with E-state index in [0.717, 1.165) is 28.7 Å². The van der Waals surface area contributed by atoms with Crippen LogP contribution in [0.15, 0.2) is 132 Å². The first kappa shape index (κ1) is 97.0. The van der Waals surface area contributed by atoms with Crippen molar-refractivity contribution >= 4 is 376 Å². The standard InChI is InChI=1S/C12H4Cl6F3N3.C12H7Cl6N3O.C11H4BrCl6N3.C11H4Cl7N3.C11H5Cl6N3/c13-10(14,15)8-22-7(23-9(24-8)11(16,17)18)5-1-3-6(4-2-5)12(19,20)21;1-22-7-4-2-6(3-5-7)8-19-9(11(13,14)15)21-10(20-8)12(16,17)18;12-6-4-2-1-3-5(6)7-19-8(10(13,14)15)21-9(20-7)11(16,17)18;12-6-3-1-5(2-4-6)7-19-8(10(13,14)15)21-9(20-7)11(16,17)18;12-10(13,14)8-18-7(6-4-2-1-3-5-6)19-9(20-8)11(15,16)17/h1-4H;2-5H,1H3;2*1-4H;1-5H. The zero-order chi connectivity index (χ0) is 81.5. The number of methoxy groups -OCH3 is 1. The molecule has 578 valence electrons. The molecule has 0 atom stereocenters. The Bertz CT molecular complexity index is 4550. The summed E-state index contributed by atoms with van der Waals surface area (Å²) in [7, 11) is 1.56. The van der Waals surface area contributed by atoms with Crippen molar-refractivity contribution < 1.29 is 17.9 Å². The van der Waals surface area contributed by atoms with Crippen molar-refractivity contribution in [2.75, 3.05) is 7.11 Å². The molecule has 5 aromatic heterocycles. The fourth-order valence-corrected chi connectivity index (χ4v) is 10.3. The van der Waals surface area contributed by atoms with Crippen LogP contribution >= 0.6 is 376 Å². The summed E-state index contributed by atoms with van der Waals surface area (Å²) >= 11 is 183. The summed E-state index contributed by atoms with van der Waals surface area (Å²) in [4.78, 5) is 60.0. The number of hydrogen-bond acceptors (Lipinski definition) is 16. The Labute approximate surface area is 773 Å². The fourth-order valence-electron chi connectivity index (χ4n) is 7.16. The molecule has 51 heteroatoms. The van der Waals surface area contributed by atoms with Gasteiger partial charge in [0.2, 0.25) is 37.9 Å². The highest BCUT2D eigenvalue weighted by Crippen LogP contribution is 2.47. The molecule has 0 fully saturated rings. The van der Waals surface area contributed by atoms with Gasteiger partial charge in [0.05, 0.1) is 12.7 Å². The Morgan fingerprint density at radius 3 is 0.704 bits per heavy atom. The molecule has 108 heavy (non-hydrogen) atoms. The molecule has 10 aromatic rings. The van der Waals surface area contributed by atoms with Crippen molar-refractivity contribution in [2.45, 2.75) is 44.1 Å². The number of rotatable bonds is 6. The second kappa shape index (κ2) is 39.4. The molecule has 0 bridgehead atoms. The molecule has 0 radical (unpaired) electrons. The average Bonchev–Trinajstić information content (AvgIpc) is 0.802. The molecule has 0 saturated heterocycles. The SMILES string of the molecule is COc1ccc(-c2nc(C(Cl)(Cl)Cl)nc(C(Cl)(Cl)Cl)n2)cc1.ClC(Cl)(Cl)c1nc(-c2ccccc2)nc(C(Cl)(Cl)Cl)n1.ClC(Cl)(Cl)c1nc(-c2ccccc2Br)nc(C(Cl)(Cl)Cl)n1.Clc1ccc(-c2nc(C(Cl)(Cl)Cl)nc(C(Cl)(Cl)Cl)n2)cc1.FC(F)(F)c1ccc(-c2nc(C(Cl)(Cl)Cl)nc(C(Cl)(Cl)Cl)n2)cc1. The van der Waals surface area contributed by atoms with Crippen LogP contribution in [0.3, 0.4) is 0 Å². The minimum absolute atomic E-state index is 0.110. The first-order valence-corrected chi connectivity index (χ1v) is 39.6. The van der Waals surface area contributed by atoms with Crippen molar-refractivity contribution in [3.63, 3.8) is 0 Å². The predicted octanol–water partition coefficient (Wildman–Crippen LogP) is 28.4. The van der Waals surface area contributed by atoms with Crippen LogP contribution in [0.4, 0.5) is 13.2 Å². The molecule has 16 nitrogen and oxygen atoms in total. The second-order valence-electron chi connectivity index (χ2n) is 19.7. The van der Waals surface area contributed by atoms with E-state index in [2.05, 4.69) is 90.7 Å². The lowest BCUT2D eigenvalue weighted by Crippen LogP contribution is -2.16. The van der Waals surface area contributed by atoms with Gasteiger partial charge in [0.25, 0.3) is 0 Å². The number of aromatic nitrogens is 15. The summed E-state index contributed by atoms with van der Waals surface area (Å²) < 4.78 is 24.6. The lowest BCUT2D eigenvalue weighted by molar-refractivity contribution is -0.137. The molecule has 0 spiro atoms. The quantitative estimate of drug-likeness (QED) is 0.142. The predicted molar refractivity (Wildman–Crippen MR) is 443 cm³/mol. The highest BCUT2D eigenvalue weighted by molar-refractivity contribution is 9.10. The molecule has 0 aliphatic heterocycles. The van der Waals surface area contributed by atoms with Crippen molar-refractivity contribution in [3.8, 4) is 62.7 Å². The number of halogens is 35. The number of ether oxygens (including phenoxy) is 1. The monoisotopic (exact) mass is 2150 g/mol. The van der Waals surface area contributed by atoms with Crippen molar-refractivity contribution in [1.29, 1.82) is 0 Å². The Morgan fingerprint density at radius 2 is 0.472 bits per heavy atom. The zero-order valence-electron chi connectivity index (χ0n) is 51.0. The molecule has 0 unspecified atom stereocenters. The van der Waals surface area contributed by atoms with Gasteiger partial charge in [0.15, 0.2) is 87.4 Å². The molecule has 0 N–H and O–H groups in total. The highest BCUT2D eigenvalue weighted by atomic mass is 79.9. The lowest BCUT2D eigenvalue weighted by Gasteiger charge is -2.16. The molecule has 0 aliphatic carbocycles. The minimum atomic E-state index is -4.48. The lowest BCUT2D eigenvalue weighted by atomic mass is 10.1. The Hall–Kier alpha value is 0.210. The zero-order valence-corrected chi connectivity index (χ0v) is 76.0. The smallest absolute Gasteiger partial charge is 0.416 e. The number of benzene rings is 5. The summed E-state index contributed by atoms with van der Waals surface area (Å²) in [6, 6.07) is 33.8. The van der Waals surface area contributed by atoms with E-state index < -0.39 is 49.7 Å². The van der Waals surface area contributed by atoms with Gasteiger partial charge in [-0.25, -0.2) is 74.8 Å². The third-order valence-electron chi connectivity index (χ3n) is 11.8.